The number of allylic oxidation sites excluding steroid dienone is 2. The molecular formula is C10H15N. The summed E-state index contributed by atoms with van der Waals surface area (Å²) >= 11 is 0. The van der Waals surface area contributed by atoms with Crippen LogP contribution in [0.1, 0.15) is 32.1 Å². The smallest absolute Gasteiger partial charge is 0.0471 e. The molecule has 1 saturated carbocycles. The molecule has 0 unspecified atom stereocenters. The lowest BCUT2D eigenvalue weighted by molar-refractivity contribution is 0.590. The van der Waals surface area contributed by atoms with Gasteiger partial charge < -0.3 is 5.32 Å². The normalized spacial score (nSPS) is 29.8. The Labute approximate surface area is 68.2 Å². The first-order chi connectivity index (χ1) is 5.47. The van der Waals surface area contributed by atoms with E-state index in [4.69, 9.17) is 0 Å². The number of fused-ring (bicyclic) bond motifs is 1. The molecule has 2 rings (SSSR count). The Balaban J connectivity index is 2.11. The van der Waals surface area contributed by atoms with E-state index in [-0.39, 0.29) is 0 Å². The Morgan fingerprint density at radius 1 is 1.27 bits per heavy atom. The Bertz CT molecular complexity index is 191. The molecule has 1 heteroatoms. The van der Waals surface area contributed by atoms with Crippen molar-refractivity contribution in [2.24, 2.45) is 0 Å². The lowest BCUT2D eigenvalue weighted by Gasteiger charge is -2.20. The van der Waals surface area contributed by atoms with Gasteiger partial charge in [-0.1, -0.05) is 18.9 Å². The van der Waals surface area contributed by atoms with E-state index in [0.29, 0.717) is 6.04 Å². The highest BCUT2D eigenvalue weighted by molar-refractivity contribution is 5.23. The first-order valence-corrected chi connectivity index (χ1v) is 4.58. The maximum absolute atomic E-state index is 3.41. The van der Waals surface area contributed by atoms with Crippen molar-refractivity contribution in [3.8, 4) is 0 Å². The van der Waals surface area contributed by atoms with Gasteiger partial charge in [-0.05, 0) is 37.1 Å². The fraction of sp³-hybridized carbons (Fsp3) is 0.600. The summed E-state index contributed by atoms with van der Waals surface area (Å²) < 4.78 is 0. The Morgan fingerprint density at radius 2 is 2.27 bits per heavy atom. The number of dihydropyridines is 1. The molecule has 0 amide bonds. The lowest BCUT2D eigenvalue weighted by atomic mass is 10.0. The third-order valence-corrected chi connectivity index (χ3v) is 2.61. The molecule has 0 radical (unpaired) electrons. The van der Waals surface area contributed by atoms with Crippen LogP contribution in [0, 0.1) is 0 Å². The van der Waals surface area contributed by atoms with E-state index in [1.165, 1.54) is 32.1 Å². The van der Waals surface area contributed by atoms with Crippen LogP contribution in [0.3, 0.4) is 0 Å². The fourth-order valence-electron chi connectivity index (χ4n) is 1.95. The van der Waals surface area contributed by atoms with Gasteiger partial charge in [0.1, 0.15) is 0 Å². The summed E-state index contributed by atoms with van der Waals surface area (Å²) in [6.07, 6.45) is 13.3. The average Bonchev–Trinajstić information content (AvgIpc) is 2.28. The van der Waals surface area contributed by atoms with Gasteiger partial charge in [0.25, 0.3) is 0 Å². The summed E-state index contributed by atoms with van der Waals surface area (Å²) in [4.78, 5) is 0. The van der Waals surface area contributed by atoms with E-state index in [9.17, 15) is 0 Å². The molecule has 60 valence electrons. The zero-order valence-electron chi connectivity index (χ0n) is 6.84. The molecule has 2 aliphatic rings. The molecule has 1 heterocycles. The minimum Gasteiger partial charge on any atom is -0.384 e. The van der Waals surface area contributed by atoms with Crippen molar-refractivity contribution in [1.29, 1.82) is 0 Å². The molecule has 0 aromatic heterocycles. The molecule has 1 fully saturated rings. The fourth-order valence-corrected chi connectivity index (χ4v) is 1.95. The summed E-state index contributed by atoms with van der Waals surface area (Å²) in [7, 11) is 0. The number of rotatable bonds is 0. The van der Waals surface area contributed by atoms with Crippen molar-refractivity contribution in [3.63, 3.8) is 0 Å². The second-order valence-electron chi connectivity index (χ2n) is 3.42. The van der Waals surface area contributed by atoms with Crippen LogP contribution in [0.25, 0.3) is 0 Å². The third kappa shape index (κ3) is 1.47. The zero-order chi connectivity index (χ0) is 7.52. The van der Waals surface area contributed by atoms with Gasteiger partial charge in [-0.3, -0.25) is 0 Å². The third-order valence-electron chi connectivity index (χ3n) is 2.61. The second kappa shape index (κ2) is 3.12. The molecule has 11 heavy (non-hydrogen) atoms. The Kier molecular flexibility index (Phi) is 1.97. The standard InChI is InChI=1S/C10H15N/c1-2-5-9-6-4-8-11-10(9)7-3-1/h4,6,8,10-11H,1-3,5,7H2/t10-/m1/s1. The largest absolute Gasteiger partial charge is 0.384 e. The van der Waals surface area contributed by atoms with Crippen molar-refractivity contribution in [2.45, 2.75) is 38.1 Å². The maximum Gasteiger partial charge on any atom is 0.0471 e. The molecule has 1 aliphatic heterocycles. The summed E-state index contributed by atoms with van der Waals surface area (Å²) in [6.45, 7) is 0. The van der Waals surface area contributed by atoms with E-state index in [1.54, 1.807) is 5.57 Å². The molecule has 0 aromatic carbocycles. The highest BCUT2D eigenvalue weighted by Gasteiger charge is 2.16. The summed E-state index contributed by atoms with van der Waals surface area (Å²) in [5.41, 5.74) is 1.62. The molecule has 1 nitrogen and oxygen atoms in total. The van der Waals surface area contributed by atoms with E-state index >= 15 is 0 Å². The van der Waals surface area contributed by atoms with Gasteiger partial charge >= 0.3 is 0 Å². The van der Waals surface area contributed by atoms with E-state index in [2.05, 4.69) is 23.7 Å². The van der Waals surface area contributed by atoms with Crippen LogP contribution < -0.4 is 5.32 Å². The first-order valence-electron chi connectivity index (χ1n) is 4.58. The topological polar surface area (TPSA) is 12.0 Å². The van der Waals surface area contributed by atoms with Crippen molar-refractivity contribution in [2.75, 3.05) is 0 Å². The van der Waals surface area contributed by atoms with Crippen LogP contribution in [0.5, 0.6) is 0 Å². The van der Waals surface area contributed by atoms with Crippen LogP contribution in [0.2, 0.25) is 0 Å². The van der Waals surface area contributed by atoms with E-state index < -0.39 is 0 Å². The van der Waals surface area contributed by atoms with E-state index in [1.807, 2.05) is 0 Å². The highest BCUT2D eigenvalue weighted by Crippen LogP contribution is 2.24. The quantitative estimate of drug-likeness (QED) is 0.557. The SMILES string of the molecule is C1=CN[C@@H]2CCCCCC2=C1. The summed E-state index contributed by atoms with van der Waals surface area (Å²) in [5, 5.41) is 3.41. The van der Waals surface area contributed by atoms with Crippen LogP contribution >= 0.6 is 0 Å². The minimum atomic E-state index is 0.669. The monoisotopic (exact) mass is 149 g/mol. The van der Waals surface area contributed by atoms with Gasteiger partial charge in [-0.2, -0.15) is 0 Å². The van der Waals surface area contributed by atoms with Gasteiger partial charge in [-0.25, -0.2) is 0 Å². The average molecular weight is 149 g/mol. The lowest BCUT2D eigenvalue weighted by Crippen LogP contribution is -2.27. The van der Waals surface area contributed by atoms with E-state index in [0.717, 1.165) is 0 Å². The zero-order valence-corrected chi connectivity index (χ0v) is 6.84. The molecule has 0 spiro atoms. The van der Waals surface area contributed by atoms with Gasteiger partial charge in [-0.15, -0.1) is 0 Å². The molecule has 0 saturated heterocycles. The minimum absolute atomic E-state index is 0.669. The number of hydrogen-bond acceptors (Lipinski definition) is 1. The predicted octanol–water partition coefficient (Wildman–Crippen LogP) is 2.36. The van der Waals surface area contributed by atoms with Gasteiger partial charge in [0, 0.05) is 6.04 Å². The molecule has 0 aromatic rings. The molecule has 1 aliphatic carbocycles. The Hall–Kier alpha value is -0.720. The number of nitrogens with one attached hydrogen (secondary N) is 1. The Morgan fingerprint density at radius 3 is 3.27 bits per heavy atom. The van der Waals surface area contributed by atoms with Crippen molar-refractivity contribution >= 4 is 0 Å². The van der Waals surface area contributed by atoms with Crippen molar-refractivity contribution in [1.82, 2.24) is 5.32 Å². The van der Waals surface area contributed by atoms with Crippen LogP contribution in [-0.2, 0) is 0 Å². The van der Waals surface area contributed by atoms with Crippen LogP contribution in [0.15, 0.2) is 23.9 Å². The number of hydrogen-bond donors (Lipinski definition) is 1. The summed E-state index contributed by atoms with van der Waals surface area (Å²) in [6, 6.07) is 0.669. The highest BCUT2D eigenvalue weighted by atomic mass is 14.9. The van der Waals surface area contributed by atoms with Gasteiger partial charge in [0.15, 0.2) is 0 Å². The molecule has 1 N–H and O–H groups in total. The second-order valence-corrected chi connectivity index (χ2v) is 3.42. The van der Waals surface area contributed by atoms with Crippen LogP contribution in [-0.4, -0.2) is 6.04 Å². The van der Waals surface area contributed by atoms with Gasteiger partial charge in [0.2, 0.25) is 0 Å². The predicted molar refractivity (Wildman–Crippen MR) is 47.2 cm³/mol. The molecule has 0 bridgehead atoms. The van der Waals surface area contributed by atoms with Crippen molar-refractivity contribution < 1.29 is 0 Å². The molecule has 1 atom stereocenters. The summed E-state index contributed by atoms with van der Waals surface area (Å²) in [5.74, 6) is 0. The van der Waals surface area contributed by atoms with Crippen molar-refractivity contribution in [3.05, 3.63) is 23.9 Å². The maximum atomic E-state index is 3.41. The van der Waals surface area contributed by atoms with Crippen LogP contribution in [0.4, 0.5) is 0 Å². The first kappa shape index (κ1) is 6.96. The molecular weight excluding hydrogens is 134 g/mol. The van der Waals surface area contributed by atoms with Gasteiger partial charge in [0.05, 0.1) is 0 Å².